The first-order chi connectivity index (χ1) is 52.8. The highest BCUT2D eigenvalue weighted by atomic mass is 16.8. The van der Waals surface area contributed by atoms with E-state index in [4.69, 9.17) is 28.4 Å². The monoisotopic (exact) mass is 1530 g/mol. The zero-order valence-electron chi connectivity index (χ0n) is 67.0. The maximum absolute atomic E-state index is 13.5. The molecular formula is C89H155NO18. The summed E-state index contributed by atoms with van der Waals surface area (Å²) < 4.78 is 34.5. The van der Waals surface area contributed by atoms with Crippen molar-refractivity contribution in [3.63, 3.8) is 0 Å². The van der Waals surface area contributed by atoms with E-state index in [-0.39, 0.29) is 18.9 Å². The van der Waals surface area contributed by atoms with Gasteiger partial charge in [-0.15, -0.1) is 0 Å². The molecule has 17 atom stereocenters. The number of allylic oxidation sites excluding steroid dienone is 17. The van der Waals surface area contributed by atoms with Crippen LogP contribution in [0.1, 0.15) is 316 Å². The van der Waals surface area contributed by atoms with Crippen LogP contribution in [-0.4, -0.2) is 193 Å². The third kappa shape index (κ3) is 46.6. The molecule has 3 aliphatic rings. The van der Waals surface area contributed by atoms with Gasteiger partial charge in [0.05, 0.1) is 38.6 Å². The van der Waals surface area contributed by atoms with Gasteiger partial charge in [0.25, 0.3) is 0 Å². The fourth-order valence-corrected chi connectivity index (χ4v) is 13.9. The van der Waals surface area contributed by atoms with Crippen LogP contribution in [0.15, 0.2) is 109 Å². The Kier molecular flexibility index (Phi) is 62.0. The Morgan fingerprint density at radius 3 is 1.04 bits per heavy atom. The number of carbonyl (C=O) groups is 1. The van der Waals surface area contributed by atoms with E-state index >= 15 is 0 Å². The van der Waals surface area contributed by atoms with Crippen LogP contribution in [0.3, 0.4) is 0 Å². The molecule has 12 N–H and O–H groups in total. The molecule has 0 aliphatic carbocycles. The summed E-state index contributed by atoms with van der Waals surface area (Å²) in [6, 6.07) is -1.00. The lowest BCUT2D eigenvalue weighted by Gasteiger charge is -2.48. The number of aliphatic hydroxyl groups excluding tert-OH is 11. The summed E-state index contributed by atoms with van der Waals surface area (Å²) in [7, 11) is 0. The first-order valence-corrected chi connectivity index (χ1v) is 43.1. The molecule has 19 nitrogen and oxygen atoms in total. The number of rotatable bonds is 68. The molecule has 1 amide bonds. The van der Waals surface area contributed by atoms with Gasteiger partial charge in [0.1, 0.15) is 73.2 Å². The van der Waals surface area contributed by atoms with Gasteiger partial charge in [-0.25, -0.2) is 0 Å². The molecule has 0 saturated carbocycles. The summed E-state index contributed by atoms with van der Waals surface area (Å²) in [6.45, 7) is 1.63. The second-order valence-corrected chi connectivity index (χ2v) is 30.2. The first kappa shape index (κ1) is 98.6. The maximum atomic E-state index is 13.5. The molecule has 0 bridgehead atoms. The SMILES string of the molecule is CC/C=C\C/C=C\C/C=C\C/C=C\C/C=C\C/C=C\CCCCCCCCCCCCCCCCCCC(=O)NC(COC1OC(CO)C(OC2OC(CO)C(OC3OC(CO)C(O)C(O)C3O)C(O)C2O)C(O)C1O)C(O)/C=C/CC/C=C/CC/C=C/CCCCCCCCCCCCCCCCCCCC. The van der Waals surface area contributed by atoms with Gasteiger partial charge < -0.3 is 89.9 Å². The van der Waals surface area contributed by atoms with Gasteiger partial charge in [0.15, 0.2) is 18.9 Å². The summed E-state index contributed by atoms with van der Waals surface area (Å²) in [5.74, 6) is -0.289. The Balaban J connectivity index is 1.36. The van der Waals surface area contributed by atoms with Crippen LogP contribution in [-0.2, 0) is 33.2 Å². The quantitative estimate of drug-likeness (QED) is 0.0199. The molecule has 0 aromatic heterocycles. The van der Waals surface area contributed by atoms with Crippen molar-refractivity contribution in [1.29, 1.82) is 0 Å². The van der Waals surface area contributed by atoms with Crippen molar-refractivity contribution in [3.05, 3.63) is 109 Å². The molecule has 3 saturated heterocycles. The fraction of sp³-hybridized carbons (Fsp3) is 0.787. The van der Waals surface area contributed by atoms with E-state index in [1.54, 1.807) is 6.08 Å². The average Bonchev–Trinajstić information content (AvgIpc) is 0.774. The number of ether oxygens (including phenoxy) is 6. The van der Waals surface area contributed by atoms with Gasteiger partial charge in [0.2, 0.25) is 5.91 Å². The standard InChI is InChI=1S/C89H155NO18/c1-3-5-7-9-11-13-15-17-19-21-23-25-27-29-31-33-34-35-36-37-38-39-41-43-45-47-49-51-53-55-57-59-61-63-65-67-77(95)90-72(73(94)66-64-62-60-58-56-54-52-50-48-46-44-42-40-32-30-28-26-24-22-20-18-16-14-12-10-8-6-4-2)71-103-87-83(101)80(98)85(75(69-92)105-87)108-89-84(102)81(99)86(76(70-93)106-89)107-88-82(100)79(97)78(96)74(68-91)104-88/h5,7,11,13,17,19,23,25,29,31,34-35,48,50,56,58,64,66,72-76,78-89,91-94,96-102H,3-4,6,8-10,12,14-16,18,20-22,24,26-28,30,32-33,36-47,49,51-55,57,59-63,65,67-71H2,1-2H3,(H,90,95)/b7-5-,13-11-,19-17-,25-23-,31-29-,35-34-,50-48+,58-56+,66-64+. The zero-order valence-corrected chi connectivity index (χ0v) is 67.0. The van der Waals surface area contributed by atoms with Crippen molar-refractivity contribution >= 4 is 5.91 Å². The molecule has 0 radical (unpaired) electrons. The van der Waals surface area contributed by atoms with Crippen LogP contribution < -0.4 is 5.32 Å². The lowest BCUT2D eigenvalue weighted by atomic mass is 9.96. The van der Waals surface area contributed by atoms with Crippen LogP contribution >= 0.6 is 0 Å². The topological polar surface area (TPSA) is 307 Å². The highest BCUT2D eigenvalue weighted by molar-refractivity contribution is 5.76. The largest absolute Gasteiger partial charge is 0.394 e. The number of nitrogens with one attached hydrogen (secondary N) is 1. The van der Waals surface area contributed by atoms with Crippen LogP contribution in [0.25, 0.3) is 0 Å². The number of aliphatic hydroxyl groups is 11. The van der Waals surface area contributed by atoms with Gasteiger partial charge in [-0.05, 0) is 96.3 Å². The molecule has 0 aromatic carbocycles. The van der Waals surface area contributed by atoms with E-state index in [1.165, 1.54) is 199 Å². The second-order valence-electron chi connectivity index (χ2n) is 30.2. The third-order valence-electron chi connectivity index (χ3n) is 20.8. The van der Waals surface area contributed by atoms with Crippen LogP contribution in [0.5, 0.6) is 0 Å². The minimum Gasteiger partial charge on any atom is -0.394 e. The van der Waals surface area contributed by atoms with Gasteiger partial charge in [-0.3, -0.25) is 4.79 Å². The van der Waals surface area contributed by atoms with Crippen molar-refractivity contribution in [2.24, 2.45) is 0 Å². The molecular weight excluding hydrogens is 1370 g/mol. The summed E-state index contributed by atoms with van der Waals surface area (Å²) in [4.78, 5) is 13.5. The molecule has 17 unspecified atom stereocenters. The van der Waals surface area contributed by atoms with E-state index in [2.05, 4.69) is 116 Å². The third-order valence-corrected chi connectivity index (χ3v) is 20.8. The number of hydrogen-bond donors (Lipinski definition) is 12. The summed E-state index contributed by atoms with van der Waals surface area (Å²) in [6.07, 6.45) is 68.0. The van der Waals surface area contributed by atoms with E-state index in [0.717, 1.165) is 83.5 Å². The van der Waals surface area contributed by atoms with Gasteiger partial charge in [-0.1, -0.05) is 322 Å². The predicted octanol–water partition coefficient (Wildman–Crippen LogP) is 15.7. The van der Waals surface area contributed by atoms with E-state index in [1.807, 2.05) is 6.08 Å². The molecule has 3 fully saturated rings. The number of amides is 1. The van der Waals surface area contributed by atoms with E-state index in [0.29, 0.717) is 12.8 Å². The smallest absolute Gasteiger partial charge is 0.220 e. The zero-order chi connectivity index (χ0) is 78.1. The molecule has 108 heavy (non-hydrogen) atoms. The molecule has 19 heteroatoms. The molecule has 624 valence electrons. The van der Waals surface area contributed by atoms with Crippen molar-refractivity contribution in [2.75, 3.05) is 26.4 Å². The summed E-state index contributed by atoms with van der Waals surface area (Å²) >= 11 is 0. The van der Waals surface area contributed by atoms with E-state index in [9.17, 15) is 61.0 Å². The van der Waals surface area contributed by atoms with Crippen molar-refractivity contribution in [3.8, 4) is 0 Å². The fourth-order valence-electron chi connectivity index (χ4n) is 13.9. The Bertz CT molecular complexity index is 2380. The average molecular weight is 1530 g/mol. The Morgan fingerprint density at radius 2 is 0.648 bits per heavy atom. The van der Waals surface area contributed by atoms with Crippen LogP contribution in [0.2, 0.25) is 0 Å². The van der Waals surface area contributed by atoms with Gasteiger partial charge in [-0.2, -0.15) is 0 Å². The number of unbranched alkanes of at least 4 members (excludes halogenated alkanes) is 36. The molecule has 0 spiro atoms. The Labute approximate surface area is 653 Å². The molecule has 0 aromatic rings. The molecule has 3 rings (SSSR count). The predicted molar refractivity (Wildman–Crippen MR) is 434 cm³/mol. The normalized spacial score (nSPS) is 26.0. The van der Waals surface area contributed by atoms with Crippen molar-refractivity contribution in [1.82, 2.24) is 5.32 Å². The highest BCUT2D eigenvalue weighted by Crippen LogP contribution is 2.33. The van der Waals surface area contributed by atoms with Crippen LogP contribution in [0, 0.1) is 0 Å². The van der Waals surface area contributed by atoms with Crippen LogP contribution in [0.4, 0.5) is 0 Å². The lowest BCUT2D eigenvalue weighted by molar-refractivity contribution is -0.379. The lowest BCUT2D eigenvalue weighted by Crippen LogP contribution is -2.66. The summed E-state index contributed by atoms with van der Waals surface area (Å²) in [5, 5.41) is 121. The minimum atomic E-state index is -1.99. The number of carbonyl (C=O) groups excluding carboxylic acids is 1. The Morgan fingerprint density at radius 1 is 0.343 bits per heavy atom. The highest BCUT2D eigenvalue weighted by Gasteiger charge is 2.54. The maximum Gasteiger partial charge on any atom is 0.220 e. The molecule has 3 aliphatic heterocycles. The van der Waals surface area contributed by atoms with Gasteiger partial charge >= 0.3 is 0 Å². The first-order valence-electron chi connectivity index (χ1n) is 43.1. The second kappa shape index (κ2) is 67.9. The summed E-state index contributed by atoms with van der Waals surface area (Å²) in [5.41, 5.74) is 0. The number of hydrogen-bond acceptors (Lipinski definition) is 18. The van der Waals surface area contributed by atoms with Crippen molar-refractivity contribution < 1.29 is 89.4 Å². The Hall–Kier alpha value is -3.55. The van der Waals surface area contributed by atoms with Crippen molar-refractivity contribution in [2.45, 2.75) is 420 Å². The van der Waals surface area contributed by atoms with Gasteiger partial charge in [0, 0.05) is 6.42 Å². The van der Waals surface area contributed by atoms with E-state index < -0.39 is 124 Å². The molecule has 3 heterocycles. The minimum absolute atomic E-state index is 0.227.